The molecular formula is C15H24FNO4. The molecule has 0 aromatic heterocycles. The van der Waals surface area contributed by atoms with Crippen LogP contribution in [0, 0.1) is 5.82 Å². The summed E-state index contributed by atoms with van der Waals surface area (Å²) in [4.78, 5) is 1.79. The lowest BCUT2D eigenvalue weighted by Crippen LogP contribution is -2.38. The van der Waals surface area contributed by atoms with Gasteiger partial charge in [-0.05, 0) is 13.1 Å². The van der Waals surface area contributed by atoms with E-state index >= 15 is 0 Å². The minimum atomic E-state index is -0.698. The summed E-state index contributed by atoms with van der Waals surface area (Å²) in [6.45, 7) is 1.25. The van der Waals surface area contributed by atoms with Gasteiger partial charge in [0, 0.05) is 25.8 Å². The van der Waals surface area contributed by atoms with Gasteiger partial charge in [-0.15, -0.1) is 0 Å². The van der Waals surface area contributed by atoms with E-state index in [0.717, 1.165) is 0 Å². The van der Waals surface area contributed by atoms with Gasteiger partial charge in [-0.3, -0.25) is 0 Å². The largest absolute Gasteiger partial charge is 0.389 e. The molecule has 0 aliphatic heterocycles. The lowest BCUT2D eigenvalue weighted by atomic mass is 10.2. The molecule has 0 bridgehead atoms. The summed E-state index contributed by atoms with van der Waals surface area (Å²) in [6, 6.07) is 6.38. The van der Waals surface area contributed by atoms with Crippen LogP contribution in [0.5, 0.6) is 0 Å². The third-order valence-corrected chi connectivity index (χ3v) is 2.93. The number of aliphatic hydroxyl groups is 2. The Balaban J connectivity index is 2.21. The third-order valence-electron chi connectivity index (χ3n) is 2.93. The molecule has 0 amide bonds. The Morgan fingerprint density at radius 1 is 1.14 bits per heavy atom. The van der Waals surface area contributed by atoms with Crippen molar-refractivity contribution < 1.29 is 24.1 Å². The predicted octanol–water partition coefficient (Wildman–Crippen LogP) is 0.642. The first-order valence-corrected chi connectivity index (χ1v) is 6.87. The van der Waals surface area contributed by atoms with Crippen molar-refractivity contribution in [2.24, 2.45) is 0 Å². The summed E-state index contributed by atoms with van der Waals surface area (Å²) in [5.74, 6) is -0.313. The molecule has 5 nitrogen and oxygen atoms in total. The van der Waals surface area contributed by atoms with E-state index in [-0.39, 0.29) is 25.6 Å². The van der Waals surface area contributed by atoms with E-state index in [1.807, 2.05) is 0 Å². The molecule has 120 valence electrons. The standard InChI is InChI=1S/C15H24FNO4/c1-17(7-13(18)10-20-2)8-14(19)11-21-9-12-5-3-4-6-15(12)16/h3-6,13-14,18-19H,7-11H2,1-2H3. The van der Waals surface area contributed by atoms with Crippen LogP contribution in [0.15, 0.2) is 24.3 Å². The highest BCUT2D eigenvalue weighted by Crippen LogP contribution is 2.07. The molecule has 0 aliphatic rings. The lowest BCUT2D eigenvalue weighted by molar-refractivity contribution is -0.00174. The van der Waals surface area contributed by atoms with E-state index < -0.39 is 12.2 Å². The van der Waals surface area contributed by atoms with E-state index in [9.17, 15) is 14.6 Å². The Morgan fingerprint density at radius 3 is 2.38 bits per heavy atom. The molecule has 0 fully saturated rings. The topological polar surface area (TPSA) is 62.2 Å². The zero-order chi connectivity index (χ0) is 15.7. The third kappa shape index (κ3) is 7.50. The van der Waals surface area contributed by atoms with Crippen molar-refractivity contribution in [3.8, 4) is 0 Å². The van der Waals surface area contributed by atoms with E-state index in [1.165, 1.54) is 13.2 Å². The second-order valence-corrected chi connectivity index (χ2v) is 5.09. The zero-order valence-corrected chi connectivity index (χ0v) is 12.5. The van der Waals surface area contributed by atoms with Gasteiger partial charge in [0.2, 0.25) is 0 Å². The summed E-state index contributed by atoms with van der Waals surface area (Å²) < 4.78 is 23.5. The normalized spacial score (nSPS) is 14.4. The number of hydrogen-bond donors (Lipinski definition) is 2. The van der Waals surface area contributed by atoms with Gasteiger partial charge in [0.05, 0.1) is 32.0 Å². The van der Waals surface area contributed by atoms with Crippen molar-refractivity contribution in [3.05, 3.63) is 35.6 Å². The van der Waals surface area contributed by atoms with E-state index in [1.54, 1.807) is 30.1 Å². The molecule has 2 N–H and O–H groups in total. The maximum absolute atomic E-state index is 13.3. The summed E-state index contributed by atoms with van der Waals surface area (Å²) in [7, 11) is 3.31. The van der Waals surface area contributed by atoms with Gasteiger partial charge >= 0.3 is 0 Å². The van der Waals surface area contributed by atoms with Crippen LogP contribution in [0.1, 0.15) is 5.56 Å². The number of nitrogens with zero attached hydrogens (tertiary/aromatic N) is 1. The summed E-state index contributed by atoms with van der Waals surface area (Å²) in [5, 5.41) is 19.4. The Morgan fingerprint density at radius 2 is 1.76 bits per heavy atom. The van der Waals surface area contributed by atoms with Gasteiger partial charge in [0.1, 0.15) is 5.82 Å². The molecule has 6 heteroatoms. The monoisotopic (exact) mass is 301 g/mol. The number of aliphatic hydroxyl groups excluding tert-OH is 2. The number of benzene rings is 1. The number of hydrogen-bond acceptors (Lipinski definition) is 5. The van der Waals surface area contributed by atoms with Gasteiger partial charge in [-0.25, -0.2) is 4.39 Å². The molecule has 2 atom stereocenters. The highest BCUT2D eigenvalue weighted by atomic mass is 19.1. The molecule has 1 rings (SSSR count). The number of rotatable bonds is 10. The van der Waals surface area contributed by atoms with Crippen LogP contribution in [0.2, 0.25) is 0 Å². The van der Waals surface area contributed by atoms with Crippen molar-refractivity contribution >= 4 is 0 Å². The van der Waals surface area contributed by atoms with Crippen molar-refractivity contribution in [2.75, 3.05) is 40.5 Å². The fourth-order valence-corrected chi connectivity index (χ4v) is 2.01. The van der Waals surface area contributed by atoms with Gasteiger partial charge < -0.3 is 24.6 Å². The zero-order valence-electron chi connectivity index (χ0n) is 12.5. The Labute approximate surface area is 124 Å². The predicted molar refractivity (Wildman–Crippen MR) is 77.4 cm³/mol. The second kappa shape index (κ2) is 9.81. The Kier molecular flexibility index (Phi) is 8.41. The molecule has 0 spiro atoms. The van der Waals surface area contributed by atoms with Crippen molar-refractivity contribution in [2.45, 2.75) is 18.8 Å². The maximum atomic E-state index is 13.3. The van der Waals surface area contributed by atoms with Crippen LogP contribution in [0.25, 0.3) is 0 Å². The second-order valence-electron chi connectivity index (χ2n) is 5.09. The van der Waals surface area contributed by atoms with E-state index in [2.05, 4.69) is 0 Å². The SMILES string of the molecule is COCC(O)CN(C)CC(O)COCc1ccccc1F. The average molecular weight is 301 g/mol. The molecule has 0 saturated heterocycles. The van der Waals surface area contributed by atoms with Crippen LogP contribution in [0.3, 0.4) is 0 Å². The van der Waals surface area contributed by atoms with Crippen molar-refractivity contribution in [1.82, 2.24) is 4.90 Å². The van der Waals surface area contributed by atoms with Crippen LogP contribution in [-0.4, -0.2) is 67.8 Å². The van der Waals surface area contributed by atoms with Crippen LogP contribution < -0.4 is 0 Å². The number of halogens is 1. The van der Waals surface area contributed by atoms with E-state index in [4.69, 9.17) is 9.47 Å². The first kappa shape index (κ1) is 18.0. The van der Waals surface area contributed by atoms with Crippen LogP contribution in [0.4, 0.5) is 4.39 Å². The average Bonchev–Trinajstić information content (AvgIpc) is 2.40. The van der Waals surface area contributed by atoms with Crippen LogP contribution in [-0.2, 0) is 16.1 Å². The summed E-state index contributed by atoms with van der Waals surface area (Å²) in [6.07, 6.45) is -1.29. The first-order valence-electron chi connectivity index (χ1n) is 6.87. The molecule has 0 aliphatic carbocycles. The fraction of sp³-hybridized carbons (Fsp3) is 0.600. The molecule has 1 aromatic carbocycles. The quantitative estimate of drug-likeness (QED) is 0.664. The maximum Gasteiger partial charge on any atom is 0.128 e. The van der Waals surface area contributed by atoms with Gasteiger partial charge in [0.25, 0.3) is 0 Å². The first-order chi connectivity index (χ1) is 10.0. The Hall–Kier alpha value is -1.05. The van der Waals surface area contributed by atoms with E-state index in [0.29, 0.717) is 18.7 Å². The minimum absolute atomic E-state index is 0.110. The minimum Gasteiger partial charge on any atom is -0.389 e. The lowest BCUT2D eigenvalue weighted by Gasteiger charge is -2.22. The van der Waals surface area contributed by atoms with Gasteiger partial charge in [-0.2, -0.15) is 0 Å². The molecule has 1 aromatic rings. The fourth-order valence-electron chi connectivity index (χ4n) is 2.01. The number of methoxy groups -OCH3 is 1. The van der Waals surface area contributed by atoms with Crippen molar-refractivity contribution in [1.29, 1.82) is 0 Å². The van der Waals surface area contributed by atoms with Crippen molar-refractivity contribution in [3.63, 3.8) is 0 Å². The summed E-state index contributed by atoms with van der Waals surface area (Å²) >= 11 is 0. The molecule has 0 radical (unpaired) electrons. The highest BCUT2D eigenvalue weighted by Gasteiger charge is 2.12. The summed E-state index contributed by atoms with van der Waals surface area (Å²) in [5.41, 5.74) is 0.466. The molecule has 0 saturated carbocycles. The Bertz CT molecular complexity index is 405. The highest BCUT2D eigenvalue weighted by molar-refractivity contribution is 5.16. The van der Waals surface area contributed by atoms with Gasteiger partial charge in [-0.1, -0.05) is 18.2 Å². The van der Waals surface area contributed by atoms with Crippen LogP contribution >= 0.6 is 0 Å². The smallest absolute Gasteiger partial charge is 0.128 e. The molecule has 21 heavy (non-hydrogen) atoms. The number of ether oxygens (including phenoxy) is 2. The molecular weight excluding hydrogens is 277 g/mol. The molecule has 0 heterocycles. The number of likely N-dealkylation sites (N-methyl/N-ethyl adjacent to an activating group) is 1. The van der Waals surface area contributed by atoms with Gasteiger partial charge in [0.15, 0.2) is 0 Å². The molecule has 2 unspecified atom stereocenters.